The van der Waals surface area contributed by atoms with Crippen molar-refractivity contribution in [1.82, 2.24) is 0 Å². The van der Waals surface area contributed by atoms with Crippen LogP contribution in [0.5, 0.6) is 11.5 Å². The van der Waals surface area contributed by atoms with Crippen LogP contribution in [0.3, 0.4) is 0 Å². The Kier molecular flexibility index (Phi) is 3.53. The molecule has 0 aliphatic heterocycles. The molecule has 2 rings (SSSR count). The molecule has 0 saturated carbocycles. The van der Waals surface area contributed by atoms with Crippen molar-refractivity contribution in [3.63, 3.8) is 0 Å². The fourth-order valence-electron chi connectivity index (χ4n) is 1.68. The van der Waals surface area contributed by atoms with Gasteiger partial charge in [-0.2, -0.15) is 0 Å². The summed E-state index contributed by atoms with van der Waals surface area (Å²) in [4.78, 5) is 0. The molecule has 0 aliphatic carbocycles. The largest absolute Gasteiger partial charge is 0.508 e. The summed E-state index contributed by atoms with van der Waals surface area (Å²) in [6.45, 7) is 0. The first-order valence-corrected chi connectivity index (χ1v) is 5.67. The Labute approximate surface area is 106 Å². The lowest BCUT2D eigenvalue weighted by atomic mass is 10.1. The maximum Gasteiger partial charge on any atom is 0.117 e. The Morgan fingerprint density at radius 3 is 2.22 bits per heavy atom. The molecule has 0 amide bonds. The molecule has 0 aliphatic rings. The van der Waals surface area contributed by atoms with Crippen molar-refractivity contribution in [3.8, 4) is 11.5 Å². The van der Waals surface area contributed by atoms with Gasteiger partial charge in [0.15, 0.2) is 0 Å². The average Bonchev–Trinajstić information content (AvgIpc) is 2.39. The quantitative estimate of drug-likeness (QED) is 0.722. The summed E-state index contributed by atoms with van der Waals surface area (Å²) >= 11 is 0. The van der Waals surface area contributed by atoms with Crippen LogP contribution >= 0.6 is 0 Å². The van der Waals surface area contributed by atoms with Gasteiger partial charge in [0.2, 0.25) is 0 Å². The second-order valence-electron chi connectivity index (χ2n) is 3.95. The zero-order valence-electron chi connectivity index (χ0n) is 10.1. The summed E-state index contributed by atoms with van der Waals surface area (Å²) in [5, 5.41) is 21.6. The maximum atomic E-state index is 9.39. The van der Waals surface area contributed by atoms with Crippen molar-refractivity contribution in [2.75, 3.05) is 12.4 Å². The standard InChI is InChI=1S/C15H15NO2/c1-16-15-10-14(18)9-6-12(15)5-2-11-3-7-13(17)8-4-11/h2-10,16-18H,1H3/b5-2+. The topological polar surface area (TPSA) is 52.5 Å². The first-order valence-electron chi connectivity index (χ1n) is 5.67. The van der Waals surface area contributed by atoms with Gasteiger partial charge in [-0.05, 0) is 35.4 Å². The van der Waals surface area contributed by atoms with Crippen LogP contribution in [0.25, 0.3) is 12.2 Å². The van der Waals surface area contributed by atoms with Crippen molar-refractivity contribution in [2.24, 2.45) is 0 Å². The second kappa shape index (κ2) is 5.27. The minimum absolute atomic E-state index is 0.237. The van der Waals surface area contributed by atoms with E-state index in [-0.39, 0.29) is 11.5 Å². The molecule has 18 heavy (non-hydrogen) atoms. The third-order valence-electron chi connectivity index (χ3n) is 2.65. The average molecular weight is 241 g/mol. The van der Waals surface area contributed by atoms with Gasteiger partial charge >= 0.3 is 0 Å². The van der Waals surface area contributed by atoms with Gasteiger partial charge in [-0.1, -0.05) is 24.3 Å². The lowest BCUT2D eigenvalue weighted by Gasteiger charge is -2.05. The van der Waals surface area contributed by atoms with Gasteiger partial charge in [-0.3, -0.25) is 0 Å². The highest BCUT2D eigenvalue weighted by Crippen LogP contribution is 2.23. The van der Waals surface area contributed by atoms with Crippen molar-refractivity contribution in [3.05, 3.63) is 53.6 Å². The smallest absolute Gasteiger partial charge is 0.117 e. The van der Waals surface area contributed by atoms with E-state index in [1.807, 2.05) is 37.4 Å². The molecule has 3 nitrogen and oxygen atoms in total. The van der Waals surface area contributed by atoms with Crippen molar-refractivity contribution < 1.29 is 10.2 Å². The van der Waals surface area contributed by atoms with E-state index in [2.05, 4.69) is 5.32 Å². The third-order valence-corrected chi connectivity index (χ3v) is 2.65. The normalized spacial score (nSPS) is 10.7. The van der Waals surface area contributed by atoms with Gasteiger partial charge in [0.05, 0.1) is 0 Å². The highest BCUT2D eigenvalue weighted by Gasteiger charge is 1.98. The van der Waals surface area contributed by atoms with Crippen molar-refractivity contribution >= 4 is 17.8 Å². The van der Waals surface area contributed by atoms with Crippen LogP contribution in [0.1, 0.15) is 11.1 Å². The Hall–Kier alpha value is -2.42. The fraction of sp³-hybridized carbons (Fsp3) is 0.0667. The van der Waals surface area contributed by atoms with Crippen molar-refractivity contribution in [1.29, 1.82) is 0 Å². The van der Waals surface area contributed by atoms with E-state index in [0.29, 0.717) is 0 Å². The molecular formula is C15H15NO2. The molecular weight excluding hydrogens is 226 g/mol. The van der Waals surface area contributed by atoms with E-state index in [0.717, 1.165) is 16.8 Å². The van der Waals surface area contributed by atoms with E-state index in [9.17, 15) is 10.2 Å². The predicted octanol–water partition coefficient (Wildman–Crippen LogP) is 3.31. The fourth-order valence-corrected chi connectivity index (χ4v) is 1.68. The number of phenolic OH excluding ortho intramolecular Hbond substituents is 2. The molecule has 0 radical (unpaired) electrons. The molecule has 0 fully saturated rings. The van der Waals surface area contributed by atoms with Crippen LogP contribution in [0.4, 0.5) is 5.69 Å². The van der Waals surface area contributed by atoms with Crippen LogP contribution in [0, 0.1) is 0 Å². The first kappa shape index (κ1) is 12.0. The third kappa shape index (κ3) is 2.83. The molecule has 0 heterocycles. The van der Waals surface area contributed by atoms with Gasteiger partial charge < -0.3 is 15.5 Å². The van der Waals surface area contributed by atoms with Crippen molar-refractivity contribution in [2.45, 2.75) is 0 Å². The lowest BCUT2D eigenvalue weighted by Crippen LogP contribution is -1.90. The number of phenols is 2. The van der Waals surface area contributed by atoms with E-state index in [4.69, 9.17) is 0 Å². The highest BCUT2D eigenvalue weighted by molar-refractivity contribution is 5.77. The van der Waals surface area contributed by atoms with Gasteiger partial charge in [-0.25, -0.2) is 0 Å². The minimum Gasteiger partial charge on any atom is -0.508 e. The second-order valence-corrected chi connectivity index (χ2v) is 3.95. The molecule has 0 bridgehead atoms. The van der Waals surface area contributed by atoms with E-state index in [1.54, 1.807) is 24.3 Å². The highest BCUT2D eigenvalue weighted by atomic mass is 16.3. The maximum absolute atomic E-state index is 9.39. The van der Waals surface area contributed by atoms with Gasteiger partial charge in [0.1, 0.15) is 11.5 Å². The Balaban J connectivity index is 2.25. The molecule has 0 aromatic heterocycles. The summed E-state index contributed by atoms with van der Waals surface area (Å²) < 4.78 is 0. The number of benzene rings is 2. The zero-order chi connectivity index (χ0) is 13.0. The molecule has 0 unspecified atom stereocenters. The number of anilines is 1. The number of hydrogen-bond donors (Lipinski definition) is 3. The van der Waals surface area contributed by atoms with Crippen LogP contribution < -0.4 is 5.32 Å². The molecule has 3 N–H and O–H groups in total. The van der Waals surface area contributed by atoms with E-state index < -0.39 is 0 Å². The summed E-state index contributed by atoms with van der Waals surface area (Å²) in [5.41, 5.74) is 2.86. The lowest BCUT2D eigenvalue weighted by molar-refractivity contribution is 0.475. The van der Waals surface area contributed by atoms with Gasteiger partial charge in [0, 0.05) is 18.8 Å². The zero-order valence-corrected chi connectivity index (χ0v) is 10.1. The molecule has 0 spiro atoms. The monoisotopic (exact) mass is 241 g/mol. The van der Waals surface area contributed by atoms with Gasteiger partial charge in [-0.15, -0.1) is 0 Å². The summed E-state index contributed by atoms with van der Waals surface area (Å²) in [6, 6.07) is 12.1. The minimum atomic E-state index is 0.237. The predicted molar refractivity (Wildman–Crippen MR) is 74.7 cm³/mol. The Bertz CT molecular complexity index is 559. The molecule has 3 heteroatoms. The Morgan fingerprint density at radius 1 is 0.889 bits per heavy atom. The SMILES string of the molecule is CNc1cc(O)ccc1/C=C/c1ccc(O)cc1. The summed E-state index contributed by atoms with van der Waals surface area (Å²) in [5.74, 6) is 0.494. The molecule has 2 aromatic rings. The van der Waals surface area contributed by atoms with E-state index >= 15 is 0 Å². The first-order chi connectivity index (χ1) is 8.69. The van der Waals surface area contributed by atoms with Crippen LogP contribution in [0.15, 0.2) is 42.5 Å². The number of nitrogens with one attached hydrogen (secondary N) is 1. The molecule has 0 atom stereocenters. The number of aromatic hydroxyl groups is 2. The number of rotatable bonds is 3. The van der Waals surface area contributed by atoms with Crippen LogP contribution in [-0.2, 0) is 0 Å². The Morgan fingerprint density at radius 2 is 1.56 bits per heavy atom. The summed E-state index contributed by atoms with van der Waals surface area (Å²) in [7, 11) is 1.81. The summed E-state index contributed by atoms with van der Waals surface area (Å²) in [6.07, 6.45) is 3.91. The van der Waals surface area contributed by atoms with E-state index in [1.165, 1.54) is 0 Å². The molecule has 92 valence electrons. The molecule has 0 saturated heterocycles. The van der Waals surface area contributed by atoms with Crippen LogP contribution in [0.2, 0.25) is 0 Å². The van der Waals surface area contributed by atoms with Gasteiger partial charge in [0.25, 0.3) is 0 Å². The van der Waals surface area contributed by atoms with Crippen LogP contribution in [-0.4, -0.2) is 17.3 Å². The molecule has 2 aromatic carbocycles. The number of hydrogen-bond acceptors (Lipinski definition) is 3.